The third kappa shape index (κ3) is 3.97. The van der Waals surface area contributed by atoms with E-state index in [1.807, 2.05) is 49.4 Å². The fraction of sp³-hybridized carbons (Fsp3) is 0.273. The van der Waals surface area contributed by atoms with Gasteiger partial charge >= 0.3 is 0 Å². The molecule has 0 saturated heterocycles. The first-order valence-corrected chi connectivity index (χ1v) is 10.3. The Bertz CT molecular complexity index is 1020. The molecule has 3 aromatic carbocycles. The number of rotatable bonds is 4. The van der Waals surface area contributed by atoms with Crippen molar-refractivity contribution in [1.82, 2.24) is 4.72 Å². The van der Waals surface area contributed by atoms with Gasteiger partial charge in [-0.1, -0.05) is 75.4 Å². The summed E-state index contributed by atoms with van der Waals surface area (Å²) in [5.74, 6) is 0. The largest absolute Gasteiger partial charge is 0.241 e. The maximum atomic E-state index is 12.8. The SMILES string of the molecule is C[C@H](NS(=O)(=O)c1ccc2ccccc2c1)c1ccc(C(C)(C)C)cc1. The first kappa shape index (κ1) is 18.6. The molecule has 3 rings (SSSR count). The van der Waals surface area contributed by atoms with E-state index in [1.165, 1.54) is 5.56 Å². The highest BCUT2D eigenvalue weighted by Crippen LogP contribution is 2.25. The van der Waals surface area contributed by atoms with Gasteiger partial charge in [0.05, 0.1) is 4.90 Å². The van der Waals surface area contributed by atoms with Crippen LogP contribution in [0.1, 0.15) is 44.9 Å². The van der Waals surface area contributed by atoms with Crippen LogP contribution in [0.4, 0.5) is 0 Å². The summed E-state index contributed by atoms with van der Waals surface area (Å²) in [7, 11) is -3.59. The molecule has 0 aromatic heterocycles. The molecule has 3 aromatic rings. The van der Waals surface area contributed by atoms with Crippen molar-refractivity contribution < 1.29 is 8.42 Å². The Morgan fingerprint density at radius 1 is 0.846 bits per heavy atom. The molecule has 0 heterocycles. The molecule has 3 nitrogen and oxygen atoms in total. The van der Waals surface area contributed by atoms with Crippen LogP contribution in [-0.4, -0.2) is 8.42 Å². The van der Waals surface area contributed by atoms with Gasteiger partial charge in [-0.15, -0.1) is 0 Å². The summed E-state index contributed by atoms with van der Waals surface area (Å²) in [6.45, 7) is 8.35. The fourth-order valence-electron chi connectivity index (χ4n) is 2.98. The number of benzene rings is 3. The predicted molar refractivity (Wildman–Crippen MR) is 108 cm³/mol. The van der Waals surface area contributed by atoms with E-state index < -0.39 is 10.0 Å². The number of hydrogen-bond donors (Lipinski definition) is 1. The van der Waals surface area contributed by atoms with Crippen molar-refractivity contribution in [3.63, 3.8) is 0 Å². The molecule has 1 atom stereocenters. The quantitative estimate of drug-likeness (QED) is 0.691. The highest BCUT2D eigenvalue weighted by Gasteiger charge is 2.19. The molecule has 0 aliphatic carbocycles. The van der Waals surface area contributed by atoms with Crippen molar-refractivity contribution in [2.75, 3.05) is 0 Å². The maximum absolute atomic E-state index is 12.8. The standard InChI is InChI=1S/C22H25NO2S/c1-16(17-9-12-20(13-10-17)22(2,3)4)23-26(24,25)21-14-11-18-7-5-6-8-19(18)15-21/h5-16,23H,1-4H3/t16-/m0/s1. The monoisotopic (exact) mass is 367 g/mol. The average Bonchev–Trinajstić information content (AvgIpc) is 2.60. The van der Waals surface area contributed by atoms with Gasteiger partial charge in [-0.3, -0.25) is 0 Å². The zero-order valence-electron chi connectivity index (χ0n) is 15.7. The highest BCUT2D eigenvalue weighted by atomic mass is 32.2. The molecule has 136 valence electrons. The van der Waals surface area contributed by atoms with Crippen molar-refractivity contribution in [3.8, 4) is 0 Å². The molecular weight excluding hydrogens is 342 g/mol. The lowest BCUT2D eigenvalue weighted by atomic mass is 9.86. The van der Waals surface area contributed by atoms with E-state index in [2.05, 4.69) is 37.6 Å². The van der Waals surface area contributed by atoms with Crippen molar-refractivity contribution in [1.29, 1.82) is 0 Å². The molecule has 1 N–H and O–H groups in total. The Hall–Kier alpha value is -2.17. The van der Waals surface area contributed by atoms with Gasteiger partial charge in [-0.05, 0) is 46.4 Å². The summed E-state index contributed by atoms with van der Waals surface area (Å²) >= 11 is 0. The van der Waals surface area contributed by atoms with E-state index in [9.17, 15) is 8.42 Å². The number of nitrogens with one attached hydrogen (secondary N) is 1. The van der Waals surface area contributed by atoms with Crippen LogP contribution in [0.15, 0.2) is 71.6 Å². The van der Waals surface area contributed by atoms with Gasteiger partial charge in [0, 0.05) is 6.04 Å². The summed E-state index contributed by atoms with van der Waals surface area (Å²) in [5.41, 5.74) is 2.25. The summed E-state index contributed by atoms with van der Waals surface area (Å²) < 4.78 is 28.3. The zero-order valence-corrected chi connectivity index (χ0v) is 16.5. The molecule has 0 bridgehead atoms. The first-order valence-electron chi connectivity index (χ1n) is 8.78. The molecule has 0 aliphatic heterocycles. The van der Waals surface area contributed by atoms with E-state index in [4.69, 9.17) is 0 Å². The van der Waals surface area contributed by atoms with E-state index >= 15 is 0 Å². The second-order valence-corrected chi connectivity index (χ2v) is 9.44. The summed E-state index contributed by atoms with van der Waals surface area (Å²) in [5, 5.41) is 1.94. The third-order valence-corrected chi connectivity index (χ3v) is 6.18. The lowest BCUT2D eigenvalue weighted by Gasteiger charge is -2.20. The van der Waals surface area contributed by atoms with Gasteiger partial charge in [0.15, 0.2) is 0 Å². The number of sulfonamides is 1. The van der Waals surface area contributed by atoms with Crippen LogP contribution in [0.2, 0.25) is 0 Å². The molecular formula is C22H25NO2S. The smallest absolute Gasteiger partial charge is 0.207 e. The van der Waals surface area contributed by atoms with Crippen molar-refractivity contribution >= 4 is 20.8 Å². The zero-order chi connectivity index (χ0) is 18.9. The topological polar surface area (TPSA) is 46.2 Å². The van der Waals surface area contributed by atoms with Crippen LogP contribution < -0.4 is 4.72 Å². The van der Waals surface area contributed by atoms with E-state index in [1.54, 1.807) is 12.1 Å². The minimum Gasteiger partial charge on any atom is -0.207 e. The average molecular weight is 368 g/mol. The molecule has 0 saturated carbocycles. The molecule has 0 fully saturated rings. The second kappa shape index (κ2) is 6.86. The van der Waals surface area contributed by atoms with Crippen LogP contribution in [0.25, 0.3) is 10.8 Å². The Morgan fingerprint density at radius 3 is 2.08 bits per heavy atom. The van der Waals surface area contributed by atoms with E-state index in [0.717, 1.165) is 16.3 Å². The molecule has 0 aliphatic rings. The lowest BCUT2D eigenvalue weighted by Crippen LogP contribution is -2.27. The van der Waals surface area contributed by atoms with Gasteiger partial charge in [-0.2, -0.15) is 0 Å². The summed E-state index contributed by atoms with van der Waals surface area (Å²) in [6, 6.07) is 20.8. The molecule has 0 radical (unpaired) electrons. The first-order chi connectivity index (χ1) is 12.2. The molecule has 0 amide bonds. The molecule has 0 spiro atoms. The van der Waals surface area contributed by atoms with Crippen LogP contribution in [-0.2, 0) is 15.4 Å². The molecule has 4 heteroatoms. The van der Waals surface area contributed by atoms with Crippen LogP contribution >= 0.6 is 0 Å². The van der Waals surface area contributed by atoms with Crippen molar-refractivity contribution in [2.45, 2.75) is 44.0 Å². The van der Waals surface area contributed by atoms with Gasteiger partial charge in [0.25, 0.3) is 0 Å². The Morgan fingerprint density at radius 2 is 1.46 bits per heavy atom. The van der Waals surface area contributed by atoms with Crippen LogP contribution in [0, 0.1) is 0 Å². The van der Waals surface area contributed by atoms with E-state index in [-0.39, 0.29) is 16.4 Å². The summed E-state index contributed by atoms with van der Waals surface area (Å²) in [4.78, 5) is 0.286. The second-order valence-electron chi connectivity index (χ2n) is 7.72. The Kier molecular flexibility index (Phi) is 4.91. The van der Waals surface area contributed by atoms with Gasteiger partial charge in [0.2, 0.25) is 10.0 Å². The van der Waals surface area contributed by atoms with Crippen molar-refractivity contribution in [2.24, 2.45) is 0 Å². The third-order valence-electron chi connectivity index (χ3n) is 4.64. The summed E-state index contributed by atoms with van der Waals surface area (Å²) in [6.07, 6.45) is 0. The molecule has 26 heavy (non-hydrogen) atoms. The Balaban J connectivity index is 1.83. The Labute approximate surface area is 156 Å². The van der Waals surface area contributed by atoms with Gasteiger partial charge in [-0.25, -0.2) is 13.1 Å². The minimum absolute atomic E-state index is 0.0758. The normalized spacial score (nSPS) is 13.7. The highest BCUT2D eigenvalue weighted by molar-refractivity contribution is 7.89. The predicted octanol–water partition coefficient (Wildman–Crippen LogP) is 5.18. The van der Waals surface area contributed by atoms with Gasteiger partial charge in [0.1, 0.15) is 0 Å². The maximum Gasteiger partial charge on any atom is 0.241 e. The van der Waals surface area contributed by atoms with Crippen LogP contribution in [0.3, 0.4) is 0 Å². The van der Waals surface area contributed by atoms with Crippen LogP contribution in [0.5, 0.6) is 0 Å². The lowest BCUT2D eigenvalue weighted by molar-refractivity contribution is 0.566. The number of hydrogen-bond acceptors (Lipinski definition) is 2. The van der Waals surface area contributed by atoms with E-state index in [0.29, 0.717) is 0 Å². The molecule has 0 unspecified atom stereocenters. The minimum atomic E-state index is -3.59. The van der Waals surface area contributed by atoms with Gasteiger partial charge < -0.3 is 0 Å². The fourth-order valence-corrected chi connectivity index (χ4v) is 4.24. The van der Waals surface area contributed by atoms with Crippen molar-refractivity contribution in [3.05, 3.63) is 77.9 Å². The number of fused-ring (bicyclic) bond motifs is 1.